The molecule has 144 valence electrons. The molecule has 0 aliphatic carbocycles. The fourth-order valence-corrected chi connectivity index (χ4v) is 2.34. The summed E-state index contributed by atoms with van der Waals surface area (Å²) in [5, 5.41) is 5.71. The molecule has 0 unspecified atom stereocenters. The molecule has 1 aromatic rings. The molecule has 0 bridgehead atoms. The number of benzene rings is 1. The first-order valence-corrected chi connectivity index (χ1v) is 7.93. The number of likely N-dealkylation sites (N-methyl/N-ethyl adjacent to an activating group) is 1. The van der Waals surface area contributed by atoms with Crippen LogP contribution in [-0.4, -0.2) is 43.9 Å². The Kier molecular flexibility index (Phi) is 12.5. The molecule has 25 heavy (non-hydrogen) atoms. The second-order valence-corrected chi connectivity index (χ2v) is 6.01. The molecule has 0 heterocycles. The normalized spacial score (nSPS) is 10.5. The molecular weight excluding hydrogens is 363 g/mol. The summed E-state index contributed by atoms with van der Waals surface area (Å²) in [6.45, 7) is 4.59. The van der Waals surface area contributed by atoms with Crippen LogP contribution in [0.5, 0.6) is 0 Å². The first-order valence-electron chi connectivity index (χ1n) is 7.93. The first-order chi connectivity index (χ1) is 10.9. The number of halogens is 2. The monoisotopic (exact) mass is 392 g/mol. The fourth-order valence-electron chi connectivity index (χ4n) is 2.34. The number of nitrogens with two attached hydrogens (primary N) is 1. The van der Waals surface area contributed by atoms with Gasteiger partial charge in [-0.15, -0.1) is 24.8 Å². The van der Waals surface area contributed by atoms with Crippen molar-refractivity contribution >= 4 is 48.0 Å². The third-order valence-electron chi connectivity index (χ3n) is 4.11. The highest BCUT2D eigenvalue weighted by Gasteiger charge is 2.33. The molecule has 0 fully saturated rings. The Balaban J connectivity index is 0. The number of anilines is 2. The van der Waals surface area contributed by atoms with Crippen molar-refractivity contribution in [2.75, 3.05) is 37.8 Å². The summed E-state index contributed by atoms with van der Waals surface area (Å²) < 4.78 is 0. The van der Waals surface area contributed by atoms with Crippen molar-refractivity contribution in [3.8, 4) is 0 Å². The van der Waals surface area contributed by atoms with Crippen molar-refractivity contribution in [2.24, 2.45) is 11.1 Å². The van der Waals surface area contributed by atoms with Crippen LogP contribution >= 0.6 is 24.8 Å². The lowest BCUT2D eigenvalue weighted by atomic mass is 9.81. The Morgan fingerprint density at radius 3 is 1.80 bits per heavy atom. The van der Waals surface area contributed by atoms with Crippen molar-refractivity contribution in [1.82, 2.24) is 4.90 Å². The standard InChI is InChI=1S/C17H28N4O2.2ClH/c1-5-17(6-2,12-18)16(23)20-14-9-7-13(8-10-14)19-15(22)11-21(3)4;;/h7-10H,5-6,11-12,18H2,1-4H3,(H,19,22)(H,20,23);2*1H. The summed E-state index contributed by atoms with van der Waals surface area (Å²) in [6.07, 6.45) is 1.40. The summed E-state index contributed by atoms with van der Waals surface area (Å²) in [7, 11) is 3.67. The van der Waals surface area contributed by atoms with E-state index in [1.807, 2.05) is 27.9 Å². The van der Waals surface area contributed by atoms with Gasteiger partial charge >= 0.3 is 0 Å². The van der Waals surface area contributed by atoms with Gasteiger partial charge in [-0.2, -0.15) is 0 Å². The SMILES string of the molecule is CCC(CC)(CN)C(=O)Nc1ccc(NC(=O)CN(C)C)cc1.Cl.Cl. The molecule has 4 N–H and O–H groups in total. The summed E-state index contributed by atoms with van der Waals surface area (Å²) in [6, 6.07) is 7.09. The van der Waals surface area contributed by atoms with Crippen LogP contribution in [0.25, 0.3) is 0 Å². The highest BCUT2D eigenvalue weighted by Crippen LogP contribution is 2.27. The highest BCUT2D eigenvalue weighted by molar-refractivity contribution is 5.96. The summed E-state index contributed by atoms with van der Waals surface area (Å²) in [4.78, 5) is 25.9. The van der Waals surface area contributed by atoms with Gasteiger partial charge in [-0.1, -0.05) is 13.8 Å². The van der Waals surface area contributed by atoms with E-state index < -0.39 is 5.41 Å². The topological polar surface area (TPSA) is 87.5 Å². The predicted molar refractivity (Wildman–Crippen MR) is 109 cm³/mol. The Morgan fingerprint density at radius 1 is 1.00 bits per heavy atom. The summed E-state index contributed by atoms with van der Waals surface area (Å²) >= 11 is 0. The van der Waals surface area contributed by atoms with E-state index in [4.69, 9.17) is 5.73 Å². The number of nitrogens with zero attached hydrogens (tertiary/aromatic N) is 1. The van der Waals surface area contributed by atoms with Crippen molar-refractivity contribution in [3.05, 3.63) is 24.3 Å². The number of hydrogen-bond acceptors (Lipinski definition) is 4. The smallest absolute Gasteiger partial charge is 0.238 e. The van der Waals surface area contributed by atoms with E-state index >= 15 is 0 Å². The van der Waals surface area contributed by atoms with Crippen molar-refractivity contribution < 1.29 is 9.59 Å². The van der Waals surface area contributed by atoms with Crippen molar-refractivity contribution in [1.29, 1.82) is 0 Å². The van der Waals surface area contributed by atoms with Gasteiger partial charge in [-0.05, 0) is 51.2 Å². The van der Waals surface area contributed by atoms with Crippen LogP contribution in [0, 0.1) is 5.41 Å². The maximum atomic E-state index is 12.4. The van der Waals surface area contributed by atoms with Gasteiger partial charge in [-0.3, -0.25) is 9.59 Å². The average Bonchev–Trinajstić information content (AvgIpc) is 2.51. The van der Waals surface area contributed by atoms with Crippen LogP contribution in [0.1, 0.15) is 26.7 Å². The van der Waals surface area contributed by atoms with Crippen LogP contribution in [0.2, 0.25) is 0 Å². The minimum absolute atomic E-state index is 0. The second-order valence-electron chi connectivity index (χ2n) is 6.01. The molecule has 0 radical (unpaired) electrons. The number of amides is 2. The molecule has 1 rings (SSSR count). The predicted octanol–water partition coefficient (Wildman–Crippen LogP) is 2.73. The Morgan fingerprint density at radius 2 is 1.44 bits per heavy atom. The molecule has 6 nitrogen and oxygen atoms in total. The van der Waals surface area contributed by atoms with Gasteiger partial charge < -0.3 is 21.3 Å². The molecule has 0 atom stereocenters. The minimum atomic E-state index is -0.529. The zero-order valence-corrected chi connectivity index (χ0v) is 16.9. The zero-order chi connectivity index (χ0) is 17.5. The van der Waals surface area contributed by atoms with Crippen LogP contribution in [0.3, 0.4) is 0 Å². The summed E-state index contributed by atoms with van der Waals surface area (Å²) in [5.74, 6) is -0.139. The van der Waals surface area contributed by atoms with Gasteiger partial charge in [-0.25, -0.2) is 0 Å². The maximum Gasteiger partial charge on any atom is 0.238 e. The Hall–Kier alpha value is -1.34. The van der Waals surface area contributed by atoms with E-state index in [-0.39, 0.29) is 36.6 Å². The van der Waals surface area contributed by atoms with Gasteiger partial charge in [0.25, 0.3) is 0 Å². The quantitative estimate of drug-likeness (QED) is 0.634. The first kappa shape index (κ1) is 25.9. The fraction of sp³-hybridized carbons (Fsp3) is 0.529. The molecule has 0 aliphatic rings. The summed E-state index contributed by atoms with van der Waals surface area (Å²) in [5.41, 5.74) is 6.66. The van der Waals surface area contributed by atoms with Gasteiger partial charge in [0.05, 0.1) is 12.0 Å². The average molecular weight is 393 g/mol. The number of carbonyl (C=O) groups excluding carboxylic acids is 2. The molecule has 0 saturated heterocycles. The molecule has 0 aliphatic heterocycles. The van der Waals surface area contributed by atoms with Gasteiger partial charge in [0.1, 0.15) is 0 Å². The Bertz CT molecular complexity index is 524. The van der Waals surface area contributed by atoms with E-state index in [9.17, 15) is 9.59 Å². The van der Waals surface area contributed by atoms with Crippen molar-refractivity contribution in [3.63, 3.8) is 0 Å². The van der Waals surface area contributed by atoms with Crippen molar-refractivity contribution in [2.45, 2.75) is 26.7 Å². The molecule has 0 saturated carbocycles. The third-order valence-corrected chi connectivity index (χ3v) is 4.11. The molecule has 0 spiro atoms. The molecule has 8 heteroatoms. The number of carbonyl (C=O) groups is 2. The van der Waals surface area contributed by atoms with E-state index in [0.29, 0.717) is 37.3 Å². The van der Waals surface area contributed by atoms with E-state index in [1.54, 1.807) is 29.2 Å². The number of rotatable bonds is 8. The minimum Gasteiger partial charge on any atom is -0.329 e. The number of hydrogen-bond donors (Lipinski definition) is 3. The van der Waals surface area contributed by atoms with Gasteiger partial charge in [0.2, 0.25) is 11.8 Å². The lowest BCUT2D eigenvalue weighted by Gasteiger charge is -2.28. The van der Waals surface area contributed by atoms with Crippen LogP contribution < -0.4 is 16.4 Å². The lowest BCUT2D eigenvalue weighted by Crippen LogP contribution is -2.41. The zero-order valence-electron chi connectivity index (χ0n) is 15.3. The van der Waals surface area contributed by atoms with E-state index in [2.05, 4.69) is 10.6 Å². The van der Waals surface area contributed by atoms with E-state index in [1.165, 1.54) is 0 Å². The van der Waals surface area contributed by atoms with Crippen LogP contribution in [-0.2, 0) is 9.59 Å². The van der Waals surface area contributed by atoms with Gasteiger partial charge in [0, 0.05) is 17.9 Å². The molecule has 0 aromatic heterocycles. The van der Waals surface area contributed by atoms with Crippen LogP contribution in [0.4, 0.5) is 11.4 Å². The number of nitrogens with one attached hydrogen (secondary N) is 2. The molecule has 1 aromatic carbocycles. The Labute approximate surface area is 162 Å². The second kappa shape index (κ2) is 12.1. The molecule has 2 amide bonds. The third kappa shape index (κ3) is 7.61. The largest absolute Gasteiger partial charge is 0.329 e. The highest BCUT2D eigenvalue weighted by atomic mass is 35.5. The van der Waals surface area contributed by atoms with Crippen LogP contribution in [0.15, 0.2) is 24.3 Å². The van der Waals surface area contributed by atoms with E-state index in [0.717, 1.165) is 0 Å². The maximum absolute atomic E-state index is 12.4. The lowest BCUT2D eigenvalue weighted by molar-refractivity contribution is -0.125. The van der Waals surface area contributed by atoms with Gasteiger partial charge in [0.15, 0.2) is 0 Å². The molecular formula is C17H30Cl2N4O2.